The van der Waals surface area contributed by atoms with Gasteiger partial charge in [0, 0.05) is 5.56 Å². The number of fused-ring (bicyclic) bond motifs is 1. The molecular weight excluding hydrogens is 197 g/mol. The van der Waals surface area contributed by atoms with Gasteiger partial charge in [-0.1, -0.05) is 5.16 Å². The molecule has 15 heavy (non-hydrogen) atoms. The van der Waals surface area contributed by atoms with Crippen LogP contribution in [0.25, 0.3) is 0 Å². The van der Waals surface area contributed by atoms with Gasteiger partial charge in [-0.25, -0.2) is 4.39 Å². The average molecular weight is 209 g/mol. The fraction of sp³-hybridized carbons (Fsp3) is 0.364. The Morgan fingerprint density at radius 2 is 2.20 bits per heavy atom. The van der Waals surface area contributed by atoms with E-state index in [2.05, 4.69) is 5.16 Å². The Labute approximate surface area is 87.2 Å². The van der Waals surface area contributed by atoms with Crippen LogP contribution < -0.4 is 4.74 Å². The second-order valence-electron chi connectivity index (χ2n) is 3.54. The zero-order valence-electron chi connectivity index (χ0n) is 8.46. The highest BCUT2D eigenvalue weighted by atomic mass is 19.1. The number of aryl methyl sites for hydroxylation is 1. The third kappa shape index (κ3) is 1.67. The highest BCUT2D eigenvalue weighted by Crippen LogP contribution is 2.28. The van der Waals surface area contributed by atoms with Gasteiger partial charge in [0.25, 0.3) is 0 Å². The van der Waals surface area contributed by atoms with Crippen LogP contribution in [-0.2, 0) is 6.42 Å². The van der Waals surface area contributed by atoms with Gasteiger partial charge in [-0.15, -0.1) is 0 Å². The zero-order chi connectivity index (χ0) is 10.8. The Kier molecular flexibility index (Phi) is 2.58. The van der Waals surface area contributed by atoms with Gasteiger partial charge in [-0.2, -0.15) is 0 Å². The molecule has 0 aliphatic heterocycles. The molecule has 0 amide bonds. The Morgan fingerprint density at radius 3 is 2.87 bits per heavy atom. The van der Waals surface area contributed by atoms with Crippen LogP contribution in [-0.4, -0.2) is 18.0 Å². The van der Waals surface area contributed by atoms with Gasteiger partial charge < -0.3 is 9.94 Å². The van der Waals surface area contributed by atoms with E-state index in [9.17, 15) is 4.39 Å². The highest BCUT2D eigenvalue weighted by Gasteiger charge is 2.19. The summed E-state index contributed by atoms with van der Waals surface area (Å²) >= 11 is 0. The number of nitrogens with zero attached hydrogens (tertiary/aromatic N) is 1. The van der Waals surface area contributed by atoms with Crippen LogP contribution in [0.1, 0.15) is 24.0 Å². The molecule has 0 radical (unpaired) electrons. The summed E-state index contributed by atoms with van der Waals surface area (Å²) in [6, 6.07) is 3.05. The van der Waals surface area contributed by atoms with E-state index < -0.39 is 0 Å². The van der Waals surface area contributed by atoms with Crippen molar-refractivity contribution in [2.24, 2.45) is 5.16 Å². The predicted molar refractivity (Wildman–Crippen MR) is 54.2 cm³/mol. The molecule has 0 bridgehead atoms. The number of benzene rings is 1. The molecule has 4 heteroatoms. The van der Waals surface area contributed by atoms with Gasteiger partial charge in [0.2, 0.25) is 0 Å². The molecule has 0 aromatic heterocycles. The number of hydrogen-bond acceptors (Lipinski definition) is 3. The van der Waals surface area contributed by atoms with Gasteiger partial charge in [-0.05, 0) is 37.0 Å². The lowest BCUT2D eigenvalue weighted by Gasteiger charge is -2.17. The maximum absolute atomic E-state index is 13.4. The number of halogens is 1. The molecule has 1 aromatic rings. The van der Waals surface area contributed by atoms with Crippen LogP contribution in [0.15, 0.2) is 17.3 Å². The maximum atomic E-state index is 13.4. The molecule has 2 rings (SSSR count). The Morgan fingerprint density at radius 1 is 1.40 bits per heavy atom. The van der Waals surface area contributed by atoms with Crippen LogP contribution in [0.5, 0.6) is 5.75 Å². The Bertz CT molecular complexity index is 415. The third-order valence-corrected chi connectivity index (χ3v) is 2.67. The van der Waals surface area contributed by atoms with Crippen molar-refractivity contribution in [2.75, 3.05) is 7.11 Å². The molecular formula is C11H12FNO2. The molecule has 0 fully saturated rings. The van der Waals surface area contributed by atoms with Gasteiger partial charge >= 0.3 is 0 Å². The van der Waals surface area contributed by atoms with Crippen LogP contribution in [0, 0.1) is 5.82 Å². The van der Waals surface area contributed by atoms with Crippen molar-refractivity contribution in [1.82, 2.24) is 0 Å². The Hall–Kier alpha value is -1.58. The molecule has 80 valence electrons. The van der Waals surface area contributed by atoms with Crippen molar-refractivity contribution < 1.29 is 14.3 Å². The van der Waals surface area contributed by atoms with Crippen molar-refractivity contribution in [1.29, 1.82) is 0 Å². The summed E-state index contributed by atoms with van der Waals surface area (Å²) in [6.45, 7) is 0. The molecule has 3 nitrogen and oxygen atoms in total. The van der Waals surface area contributed by atoms with Crippen LogP contribution in [0.3, 0.4) is 0 Å². The minimum atomic E-state index is -0.365. The minimum Gasteiger partial charge on any atom is -0.494 e. The number of oxime groups is 1. The van der Waals surface area contributed by atoms with E-state index in [1.165, 1.54) is 13.2 Å². The normalized spacial score (nSPS) is 17.6. The van der Waals surface area contributed by atoms with Crippen LogP contribution >= 0.6 is 0 Å². The average Bonchev–Trinajstić information content (AvgIpc) is 2.27. The first-order valence-electron chi connectivity index (χ1n) is 4.84. The molecule has 0 saturated carbocycles. The van der Waals surface area contributed by atoms with E-state index in [4.69, 9.17) is 9.94 Å². The smallest absolute Gasteiger partial charge is 0.165 e. The third-order valence-electron chi connectivity index (χ3n) is 2.67. The molecule has 0 heterocycles. The quantitative estimate of drug-likeness (QED) is 0.569. The number of ether oxygens (including phenoxy) is 1. The Balaban J connectivity index is 2.56. The van der Waals surface area contributed by atoms with Crippen LogP contribution in [0.4, 0.5) is 4.39 Å². The SMILES string of the molecule is COc1cc2c(cc1F)CCCC2=NO. The van der Waals surface area contributed by atoms with Gasteiger partial charge in [0.15, 0.2) is 11.6 Å². The molecule has 0 saturated heterocycles. The lowest BCUT2D eigenvalue weighted by Crippen LogP contribution is -2.12. The first-order chi connectivity index (χ1) is 7.26. The molecule has 1 aromatic carbocycles. The van der Waals surface area contributed by atoms with Crippen molar-refractivity contribution in [3.63, 3.8) is 0 Å². The monoisotopic (exact) mass is 209 g/mol. The van der Waals surface area contributed by atoms with Gasteiger partial charge in [-0.3, -0.25) is 0 Å². The fourth-order valence-corrected chi connectivity index (χ4v) is 1.91. The second kappa shape index (κ2) is 3.88. The summed E-state index contributed by atoms with van der Waals surface area (Å²) in [5.74, 6) is -0.174. The summed E-state index contributed by atoms with van der Waals surface area (Å²) in [4.78, 5) is 0. The number of hydrogen-bond donors (Lipinski definition) is 1. The van der Waals surface area contributed by atoms with E-state index in [1.807, 2.05) is 0 Å². The first kappa shape index (κ1) is 9.96. The van der Waals surface area contributed by atoms with Gasteiger partial charge in [0.1, 0.15) is 0 Å². The van der Waals surface area contributed by atoms with E-state index in [-0.39, 0.29) is 11.6 Å². The molecule has 1 aliphatic carbocycles. The largest absolute Gasteiger partial charge is 0.494 e. The van der Waals surface area contributed by atoms with E-state index in [0.717, 1.165) is 30.4 Å². The lowest BCUT2D eigenvalue weighted by molar-refractivity contribution is 0.317. The first-order valence-corrected chi connectivity index (χ1v) is 4.84. The molecule has 1 N–H and O–H groups in total. The summed E-state index contributed by atoms with van der Waals surface area (Å²) in [5, 5.41) is 12.1. The summed E-state index contributed by atoms with van der Waals surface area (Å²) in [6.07, 6.45) is 2.42. The van der Waals surface area contributed by atoms with Gasteiger partial charge in [0.05, 0.1) is 12.8 Å². The van der Waals surface area contributed by atoms with E-state index >= 15 is 0 Å². The molecule has 1 aliphatic rings. The lowest BCUT2D eigenvalue weighted by atomic mass is 9.90. The molecule has 0 atom stereocenters. The van der Waals surface area contributed by atoms with Crippen molar-refractivity contribution >= 4 is 5.71 Å². The zero-order valence-corrected chi connectivity index (χ0v) is 8.46. The maximum Gasteiger partial charge on any atom is 0.165 e. The van der Waals surface area contributed by atoms with Crippen LogP contribution in [0.2, 0.25) is 0 Å². The standard InChI is InChI=1S/C11H12FNO2/c1-15-11-6-8-7(5-9(11)12)3-2-4-10(8)13-14/h5-6,14H,2-4H2,1H3. The number of methoxy groups -OCH3 is 1. The molecule has 0 spiro atoms. The van der Waals surface area contributed by atoms with E-state index in [0.29, 0.717) is 5.71 Å². The van der Waals surface area contributed by atoms with Crippen molar-refractivity contribution in [2.45, 2.75) is 19.3 Å². The predicted octanol–water partition coefficient (Wildman–Crippen LogP) is 2.35. The minimum absolute atomic E-state index is 0.191. The number of rotatable bonds is 1. The van der Waals surface area contributed by atoms with Crippen molar-refractivity contribution in [3.8, 4) is 5.75 Å². The molecule has 0 unspecified atom stereocenters. The summed E-state index contributed by atoms with van der Waals surface area (Å²) in [5.41, 5.74) is 2.28. The topological polar surface area (TPSA) is 41.8 Å². The fourth-order valence-electron chi connectivity index (χ4n) is 1.91. The summed E-state index contributed by atoms with van der Waals surface area (Å²) < 4.78 is 18.3. The summed E-state index contributed by atoms with van der Waals surface area (Å²) in [7, 11) is 1.42. The van der Waals surface area contributed by atoms with Crippen molar-refractivity contribution in [3.05, 3.63) is 29.1 Å². The van der Waals surface area contributed by atoms with E-state index in [1.54, 1.807) is 6.07 Å². The second-order valence-corrected chi connectivity index (χ2v) is 3.54. The highest BCUT2D eigenvalue weighted by molar-refractivity contribution is 6.02.